The van der Waals surface area contributed by atoms with Crippen molar-refractivity contribution in [2.75, 3.05) is 5.75 Å². The SMILES string of the molecule is CC1(C)Cc2c(sc3nc(SCC(=O)c4ccc(Br)cc4)[nH]c(=O)c23)CO1. The average Bonchev–Trinajstić information content (AvgIpc) is 2.97. The second kappa shape index (κ2) is 7.16. The highest BCUT2D eigenvalue weighted by atomic mass is 79.9. The van der Waals surface area contributed by atoms with Crippen LogP contribution >= 0.6 is 39.0 Å². The number of carbonyl (C=O) groups is 1. The highest BCUT2D eigenvalue weighted by Gasteiger charge is 2.30. The lowest BCUT2D eigenvalue weighted by atomic mass is 9.94. The molecule has 1 N–H and O–H groups in total. The Bertz CT molecular complexity index is 1090. The van der Waals surface area contributed by atoms with Crippen LogP contribution in [0.2, 0.25) is 0 Å². The molecule has 0 unspecified atom stereocenters. The van der Waals surface area contributed by atoms with Gasteiger partial charge >= 0.3 is 0 Å². The van der Waals surface area contributed by atoms with Crippen LogP contribution in [0.25, 0.3) is 10.2 Å². The van der Waals surface area contributed by atoms with Crippen LogP contribution in [0.1, 0.15) is 34.6 Å². The molecule has 3 aromatic rings. The third kappa shape index (κ3) is 3.89. The molecule has 5 nitrogen and oxygen atoms in total. The zero-order chi connectivity index (χ0) is 19.2. The van der Waals surface area contributed by atoms with Crippen molar-refractivity contribution in [2.24, 2.45) is 0 Å². The molecule has 1 aliphatic heterocycles. The fourth-order valence-corrected chi connectivity index (χ4v) is 5.23. The van der Waals surface area contributed by atoms with E-state index in [0.717, 1.165) is 14.9 Å². The number of aromatic nitrogens is 2. The second-order valence-electron chi connectivity index (χ2n) is 7.00. The molecular formula is C19H17BrN2O3S2. The Labute approximate surface area is 172 Å². The van der Waals surface area contributed by atoms with Gasteiger partial charge in [0, 0.05) is 21.3 Å². The van der Waals surface area contributed by atoms with E-state index in [-0.39, 0.29) is 22.7 Å². The van der Waals surface area contributed by atoms with Gasteiger partial charge in [-0.3, -0.25) is 9.59 Å². The van der Waals surface area contributed by atoms with Crippen molar-refractivity contribution in [3.05, 3.63) is 55.1 Å². The molecule has 1 aliphatic rings. The van der Waals surface area contributed by atoms with Crippen molar-refractivity contribution in [1.82, 2.24) is 9.97 Å². The summed E-state index contributed by atoms with van der Waals surface area (Å²) in [4.78, 5) is 34.2. The number of nitrogens with one attached hydrogen (secondary N) is 1. The van der Waals surface area contributed by atoms with E-state index in [2.05, 4.69) is 25.9 Å². The number of thiophene rings is 1. The van der Waals surface area contributed by atoms with Crippen LogP contribution in [0.4, 0.5) is 0 Å². The maximum atomic E-state index is 12.7. The summed E-state index contributed by atoms with van der Waals surface area (Å²) in [6.45, 7) is 4.56. The Morgan fingerprint density at radius 2 is 2.11 bits per heavy atom. The molecule has 0 saturated carbocycles. The van der Waals surface area contributed by atoms with Crippen molar-refractivity contribution in [2.45, 2.75) is 37.6 Å². The summed E-state index contributed by atoms with van der Waals surface area (Å²) in [5.41, 5.74) is 1.26. The quantitative estimate of drug-likeness (QED) is 0.347. The first kappa shape index (κ1) is 18.9. The molecule has 4 rings (SSSR count). The monoisotopic (exact) mass is 464 g/mol. The van der Waals surface area contributed by atoms with Crippen LogP contribution in [-0.2, 0) is 17.8 Å². The minimum absolute atomic E-state index is 0.00382. The van der Waals surface area contributed by atoms with Gasteiger partial charge in [-0.1, -0.05) is 39.8 Å². The molecule has 0 bridgehead atoms. The zero-order valence-corrected chi connectivity index (χ0v) is 18.0. The number of carbonyl (C=O) groups excluding carboxylic acids is 1. The maximum Gasteiger partial charge on any atom is 0.260 e. The lowest BCUT2D eigenvalue weighted by Gasteiger charge is -2.29. The molecule has 0 fully saturated rings. The summed E-state index contributed by atoms with van der Waals surface area (Å²) < 4.78 is 6.77. The molecule has 0 aliphatic carbocycles. The number of Topliss-reactive ketones (excluding diaryl/α,β-unsaturated/α-hetero) is 1. The van der Waals surface area contributed by atoms with E-state index in [9.17, 15) is 9.59 Å². The molecule has 0 saturated heterocycles. The first-order valence-electron chi connectivity index (χ1n) is 8.42. The van der Waals surface area contributed by atoms with Gasteiger partial charge in [-0.2, -0.15) is 0 Å². The van der Waals surface area contributed by atoms with E-state index >= 15 is 0 Å². The molecule has 0 amide bonds. The molecule has 27 heavy (non-hydrogen) atoms. The Balaban J connectivity index is 1.58. The van der Waals surface area contributed by atoms with E-state index in [1.165, 1.54) is 23.1 Å². The molecule has 0 spiro atoms. The highest BCUT2D eigenvalue weighted by molar-refractivity contribution is 9.10. The van der Waals surface area contributed by atoms with Gasteiger partial charge in [0.25, 0.3) is 5.56 Å². The van der Waals surface area contributed by atoms with Crippen molar-refractivity contribution in [1.29, 1.82) is 0 Å². The van der Waals surface area contributed by atoms with Crippen molar-refractivity contribution < 1.29 is 9.53 Å². The van der Waals surface area contributed by atoms with Crippen LogP contribution in [0.3, 0.4) is 0 Å². The fraction of sp³-hybridized carbons (Fsp3) is 0.316. The first-order valence-corrected chi connectivity index (χ1v) is 11.0. The van der Waals surface area contributed by atoms with E-state index in [0.29, 0.717) is 34.0 Å². The molecule has 0 atom stereocenters. The third-order valence-electron chi connectivity index (χ3n) is 4.43. The summed E-state index contributed by atoms with van der Waals surface area (Å²) in [5, 5.41) is 1.13. The maximum absolute atomic E-state index is 12.7. The number of fused-ring (bicyclic) bond motifs is 3. The van der Waals surface area contributed by atoms with Gasteiger partial charge in [0.2, 0.25) is 0 Å². The molecular weight excluding hydrogens is 448 g/mol. The van der Waals surface area contributed by atoms with Gasteiger partial charge in [0.15, 0.2) is 10.9 Å². The van der Waals surface area contributed by atoms with Gasteiger partial charge in [0.05, 0.1) is 23.3 Å². The van der Waals surface area contributed by atoms with Crippen LogP contribution in [0.15, 0.2) is 38.7 Å². The Kier molecular flexibility index (Phi) is 5.00. The molecule has 8 heteroatoms. The van der Waals surface area contributed by atoms with Crippen molar-refractivity contribution in [3.8, 4) is 0 Å². The lowest BCUT2D eigenvalue weighted by molar-refractivity contribution is -0.0379. The predicted molar refractivity (Wildman–Crippen MR) is 112 cm³/mol. The van der Waals surface area contributed by atoms with Crippen LogP contribution in [-0.4, -0.2) is 27.1 Å². The molecule has 3 heterocycles. The number of ketones is 1. The lowest BCUT2D eigenvalue weighted by Crippen LogP contribution is -2.31. The van der Waals surface area contributed by atoms with Gasteiger partial charge in [-0.15, -0.1) is 11.3 Å². The number of benzene rings is 1. The van der Waals surface area contributed by atoms with Gasteiger partial charge in [0.1, 0.15) is 4.83 Å². The first-order chi connectivity index (χ1) is 12.8. The van der Waals surface area contributed by atoms with E-state index < -0.39 is 0 Å². The molecule has 140 valence electrons. The number of H-pyrrole nitrogens is 1. The minimum Gasteiger partial charge on any atom is -0.370 e. The van der Waals surface area contributed by atoms with Crippen molar-refractivity contribution >= 4 is 55.0 Å². The average molecular weight is 465 g/mol. The van der Waals surface area contributed by atoms with E-state index in [1.807, 2.05) is 26.0 Å². The van der Waals surface area contributed by atoms with Gasteiger partial charge < -0.3 is 9.72 Å². The second-order valence-corrected chi connectivity index (χ2v) is 9.96. The number of hydrogen-bond donors (Lipinski definition) is 1. The number of rotatable bonds is 4. The van der Waals surface area contributed by atoms with Crippen molar-refractivity contribution in [3.63, 3.8) is 0 Å². The Morgan fingerprint density at radius 1 is 1.37 bits per heavy atom. The van der Waals surface area contributed by atoms with E-state index in [4.69, 9.17) is 4.74 Å². The van der Waals surface area contributed by atoms with Crippen LogP contribution in [0.5, 0.6) is 0 Å². The summed E-state index contributed by atoms with van der Waals surface area (Å²) in [7, 11) is 0. The number of ether oxygens (including phenoxy) is 1. The largest absolute Gasteiger partial charge is 0.370 e. The Hall–Kier alpha value is -1.48. The molecule has 0 radical (unpaired) electrons. The number of halogens is 1. The smallest absolute Gasteiger partial charge is 0.260 e. The summed E-state index contributed by atoms with van der Waals surface area (Å²) in [6.07, 6.45) is 0.696. The molecule has 2 aromatic heterocycles. The van der Waals surface area contributed by atoms with Crippen LogP contribution in [0, 0.1) is 0 Å². The summed E-state index contributed by atoms with van der Waals surface area (Å²) in [6, 6.07) is 7.23. The van der Waals surface area contributed by atoms with Gasteiger partial charge in [-0.25, -0.2) is 4.98 Å². The summed E-state index contributed by atoms with van der Waals surface area (Å²) >= 11 is 6.11. The van der Waals surface area contributed by atoms with Gasteiger partial charge in [-0.05, 0) is 31.5 Å². The predicted octanol–water partition coefficient (Wildman–Crippen LogP) is 4.57. The normalized spacial score (nSPS) is 15.7. The number of nitrogens with zero attached hydrogens (tertiary/aromatic N) is 1. The number of aromatic amines is 1. The fourth-order valence-electron chi connectivity index (χ4n) is 3.05. The van der Waals surface area contributed by atoms with Crippen LogP contribution < -0.4 is 5.56 Å². The highest BCUT2D eigenvalue weighted by Crippen LogP contribution is 2.37. The standard InChI is InChI=1S/C19H17BrN2O3S2/c1-19(2)7-12-14(8-25-19)27-17-15(12)16(24)21-18(22-17)26-9-13(23)10-3-5-11(20)6-4-10/h3-6H,7-9H2,1-2H3,(H,21,22,24). The Morgan fingerprint density at radius 3 is 2.85 bits per heavy atom. The topological polar surface area (TPSA) is 72.0 Å². The summed E-state index contributed by atoms with van der Waals surface area (Å²) in [5.74, 6) is 0.216. The minimum atomic E-state index is -0.280. The number of thioether (sulfide) groups is 1. The molecule has 1 aromatic carbocycles. The number of hydrogen-bond acceptors (Lipinski definition) is 6. The zero-order valence-electron chi connectivity index (χ0n) is 14.8. The van der Waals surface area contributed by atoms with E-state index in [1.54, 1.807) is 12.1 Å². The third-order valence-corrected chi connectivity index (χ3v) is 6.93.